The van der Waals surface area contributed by atoms with Gasteiger partial charge in [-0.1, -0.05) is 33.1 Å². The minimum Gasteiger partial charge on any atom is -0.391 e. The van der Waals surface area contributed by atoms with Crippen molar-refractivity contribution in [2.75, 3.05) is 20.1 Å². The monoisotopic (exact) mass is 298 g/mol. The minimum absolute atomic E-state index is 0.134. The Morgan fingerprint density at radius 3 is 2.29 bits per heavy atom. The van der Waals surface area contributed by atoms with E-state index in [1.54, 1.807) is 0 Å². The molecule has 0 radical (unpaired) electrons. The third-order valence-electron chi connectivity index (χ3n) is 4.79. The maximum absolute atomic E-state index is 10.3. The van der Waals surface area contributed by atoms with Gasteiger partial charge in [0.05, 0.1) is 6.10 Å². The van der Waals surface area contributed by atoms with Gasteiger partial charge in [0.2, 0.25) is 0 Å². The Morgan fingerprint density at radius 2 is 1.76 bits per heavy atom. The van der Waals surface area contributed by atoms with Gasteiger partial charge in [0.25, 0.3) is 0 Å². The van der Waals surface area contributed by atoms with Gasteiger partial charge in [0.15, 0.2) is 0 Å². The molecule has 1 saturated carbocycles. The summed E-state index contributed by atoms with van der Waals surface area (Å²) in [5.74, 6) is 0. The summed E-state index contributed by atoms with van der Waals surface area (Å²) in [6, 6.07) is 0.351. The van der Waals surface area contributed by atoms with Crippen molar-refractivity contribution in [3.05, 3.63) is 0 Å². The van der Waals surface area contributed by atoms with Crippen molar-refractivity contribution in [3.8, 4) is 0 Å². The molecule has 0 bridgehead atoms. The highest BCUT2D eigenvalue weighted by molar-refractivity contribution is 4.88. The fourth-order valence-corrected chi connectivity index (χ4v) is 3.63. The van der Waals surface area contributed by atoms with Crippen molar-refractivity contribution < 1.29 is 5.11 Å². The van der Waals surface area contributed by atoms with Crippen molar-refractivity contribution in [2.24, 2.45) is 5.41 Å². The summed E-state index contributed by atoms with van der Waals surface area (Å²) in [4.78, 5) is 2.42. The number of nitrogens with zero attached hydrogens (tertiary/aromatic N) is 1. The molecule has 0 aliphatic heterocycles. The van der Waals surface area contributed by atoms with Gasteiger partial charge in [-0.2, -0.15) is 0 Å². The lowest BCUT2D eigenvalue weighted by atomic mass is 9.82. The lowest BCUT2D eigenvalue weighted by Gasteiger charge is -2.42. The molecule has 3 heteroatoms. The predicted octanol–water partition coefficient (Wildman–Crippen LogP) is 3.42. The van der Waals surface area contributed by atoms with E-state index in [0.29, 0.717) is 6.04 Å². The average Bonchev–Trinajstić information content (AvgIpc) is 2.36. The van der Waals surface area contributed by atoms with Gasteiger partial charge >= 0.3 is 0 Å². The van der Waals surface area contributed by atoms with Crippen LogP contribution in [0, 0.1) is 5.41 Å². The van der Waals surface area contributed by atoms with Gasteiger partial charge in [0.1, 0.15) is 0 Å². The van der Waals surface area contributed by atoms with Crippen LogP contribution in [-0.4, -0.2) is 47.8 Å². The number of aliphatic hydroxyl groups is 1. The molecule has 1 aliphatic rings. The molecule has 0 aromatic rings. The fourth-order valence-electron chi connectivity index (χ4n) is 3.63. The lowest BCUT2D eigenvalue weighted by molar-refractivity contribution is 0.0123. The number of aliphatic hydroxyl groups excluding tert-OH is 1. The fraction of sp³-hybridized carbons (Fsp3) is 1.00. The smallest absolute Gasteiger partial charge is 0.0695 e. The highest BCUT2D eigenvalue weighted by Gasteiger charge is 2.32. The number of hydrogen-bond acceptors (Lipinski definition) is 3. The van der Waals surface area contributed by atoms with Crippen molar-refractivity contribution in [1.82, 2.24) is 10.2 Å². The highest BCUT2D eigenvalue weighted by atomic mass is 16.3. The maximum Gasteiger partial charge on any atom is 0.0695 e. The Balaban J connectivity index is 2.62. The first-order valence-electron chi connectivity index (χ1n) is 8.80. The molecule has 1 rings (SSSR count). The molecule has 0 aromatic carbocycles. The van der Waals surface area contributed by atoms with Crippen LogP contribution in [0.5, 0.6) is 0 Å². The summed E-state index contributed by atoms with van der Waals surface area (Å²) in [6.45, 7) is 13.4. The Kier molecular flexibility index (Phi) is 7.15. The molecule has 0 spiro atoms. The first-order chi connectivity index (χ1) is 9.67. The van der Waals surface area contributed by atoms with Crippen LogP contribution < -0.4 is 5.32 Å². The largest absolute Gasteiger partial charge is 0.391 e. The molecule has 3 unspecified atom stereocenters. The van der Waals surface area contributed by atoms with Crippen LogP contribution >= 0.6 is 0 Å². The van der Waals surface area contributed by atoms with Crippen molar-refractivity contribution in [3.63, 3.8) is 0 Å². The summed E-state index contributed by atoms with van der Waals surface area (Å²) >= 11 is 0. The van der Waals surface area contributed by atoms with Crippen LogP contribution in [0.25, 0.3) is 0 Å². The van der Waals surface area contributed by atoms with E-state index >= 15 is 0 Å². The number of hydrogen-bond donors (Lipinski definition) is 2. The summed E-state index contributed by atoms with van der Waals surface area (Å²) in [5.41, 5.74) is 0.436. The normalized spacial score (nSPS) is 26.9. The first-order valence-corrected chi connectivity index (χ1v) is 8.80. The lowest BCUT2D eigenvalue weighted by Crippen LogP contribution is -2.51. The summed E-state index contributed by atoms with van der Waals surface area (Å²) in [6.07, 6.45) is 6.86. The van der Waals surface area contributed by atoms with Crippen LogP contribution in [0.15, 0.2) is 0 Å². The van der Waals surface area contributed by atoms with Gasteiger partial charge in [-0.25, -0.2) is 0 Å². The second-order valence-corrected chi connectivity index (χ2v) is 8.50. The Bertz CT molecular complexity index is 300. The number of rotatable bonds is 7. The molecule has 2 N–H and O–H groups in total. The first kappa shape index (κ1) is 18.9. The topological polar surface area (TPSA) is 35.5 Å². The van der Waals surface area contributed by atoms with Gasteiger partial charge in [-0.15, -0.1) is 0 Å². The van der Waals surface area contributed by atoms with E-state index in [1.165, 1.54) is 25.7 Å². The molecule has 126 valence electrons. The number of nitrogens with one attached hydrogen (secondary N) is 1. The second-order valence-electron chi connectivity index (χ2n) is 8.50. The van der Waals surface area contributed by atoms with Crippen LogP contribution in [0.2, 0.25) is 0 Å². The quantitative estimate of drug-likeness (QED) is 0.756. The Morgan fingerprint density at radius 1 is 1.14 bits per heavy atom. The average molecular weight is 299 g/mol. The third kappa shape index (κ3) is 6.66. The molecule has 0 saturated heterocycles. The highest BCUT2D eigenvalue weighted by Crippen LogP contribution is 2.29. The van der Waals surface area contributed by atoms with E-state index in [9.17, 15) is 5.11 Å². The predicted molar refractivity (Wildman–Crippen MR) is 91.7 cm³/mol. The van der Waals surface area contributed by atoms with E-state index in [-0.39, 0.29) is 17.1 Å². The van der Waals surface area contributed by atoms with E-state index in [4.69, 9.17) is 0 Å². The van der Waals surface area contributed by atoms with Crippen molar-refractivity contribution in [1.29, 1.82) is 0 Å². The van der Waals surface area contributed by atoms with E-state index in [1.807, 2.05) is 0 Å². The molecule has 21 heavy (non-hydrogen) atoms. The zero-order chi connectivity index (χ0) is 16.1. The van der Waals surface area contributed by atoms with E-state index in [0.717, 1.165) is 25.9 Å². The molecular formula is C18H38N2O. The third-order valence-corrected chi connectivity index (χ3v) is 4.79. The number of likely N-dealkylation sites (N-methyl/N-ethyl adjacent to an activating group) is 1. The molecule has 0 amide bonds. The van der Waals surface area contributed by atoms with Crippen LogP contribution in [0.4, 0.5) is 0 Å². The van der Waals surface area contributed by atoms with Crippen LogP contribution in [0.1, 0.15) is 73.1 Å². The van der Waals surface area contributed by atoms with Gasteiger partial charge in [-0.05, 0) is 52.5 Å². The maximum atomic E-state index is 10.3. The van der Waals surface area contributed by atoms with E-state index in [2.05, 4.69) is 51.9 Å². The molecule has 1 fully saturated rings. The van der Waals surface area contributed by atoms with Crippen molar-refractivity contribution >= 4 is 0 Å². The Labute approximate surface area is 132 Å². The Hall–Kier alpha value is -0.120. The second kappa shape index (κ2) is 7.94. The zero-order valence-corrected chi connectivity index (χ0v) is 15.2. The molecular weight excluding hydrogens is 260 g/mol. The van der Waals surface area contributed by atoms with Gasteiger partial charge < -0.3 is 15.3 Å². The summed E-state index contributed by atoms with van der Waals surface area (Å²) in [7, 11) is 2.20. The van der Waals surface area contributed by atoms with Gasteiger partial charge in [-0.3, -0.25) is 0 Å². The molecule has 3 nitrogen and oxygen atoms in total. The van der Waals surface area contributed by atoms with Crippen LogP contribution in [-0.2, 0) is 0 Å². The minimum atomic E-state index is -0.134. The molecule has 1 aliphatic carbocycles. The molecule has 0 aromatic heterocycles. The summed E-state index contributed by atoms with van der Waals surface area (Å²) < 4.78 is 0. The zero-order valence-electron chi connectivity index (χ0n) is 15.2. The molecule has 3 atom stereocenters. The van der Waals surface area contributed by atoms with Crippen LogP contribution in [0.3, 0.4) is 0 Å². The molecule has 0 heterocycles. The van der Waals surface area contributed by atoms with Crippen molar-refractivity contribution in [2.45, 2.75) is 90.8 Å². The van der Waals surface area contributed by atoms with E-state index < -0.39 is 0 Å². The summed E-state index contributed by atoms with van der Waals surface area (Å²) in [5, 5.41) is 13.9. The standard InChI is InChI=1S/C18H38N2O/c1-7-12-18(5,13-19-17(2,3)4)14-20(6)15-10-8-9-11-16(15)21/h15-16,19,21H,7-14H2,1-6H3. The SMILES string of the molecule is CCCC(C)(CNC(C)(C)C)CN(C)C1CCCCC1O. The van der Waals surface area contributed by atoms with Gasteiger partial charge in [0, 0.05) is 24.7 Å².